The number of carbonyl (C=O) groups excluding carboxylic acids is 1. The summed E-state index contributed by atoms with van der Waals surface area (Å²) in [5.74, 6) is -1.59. The zero-order valence-corrected chi connectivity index (χ0v) is 15.2. The van der Waals surface area contributed by atoms with E-state index < -0.39 is 26.8 Å². The number of carboxylic acids is 1. The third-order valence-corrected chi connectivity index (χ3v) is 6.09. The minimum atomic E-state index is -2.73. The van der Waals surface area contributed by atoms with Crippen LogP contribution in [0.3, 0.4) is 0 Å². The summed E-state index contributed by atoms with van der Waals surface area (Å²) in [4.78, 5) is 22.1. The van der Waals surface area contributed by atoms with E-state index in [1.54, 1.807) is 0 Å². The predicted octanol–water partition coefficient (Wildman–Crippen LogP) is 1.16. The molecule has 3 N–H and O–H groups in total. The molecular weight excluding hydrogens is 322 g/mol. The van der Waals surface area contributed by atoms with Crippen molar-refractivity contribution in [2.75, 3.05) is 26.4 Å². The van der Waals surface area contributed by atoms with Gasteiger partial charge in [-0.15, -0.1) is 0 Å². The van der Waals surface area contributed by atoms with Crippen LogP contribution in [0.4, 0.5) is 0 Å². The van der Waals surface area contributed by atoms with Crippen LogP contribution < -0.4 is 5.73 Å². The van der Waals surface area contributed by atoms with Gasteiger partial charge < -0.3 is 28.9 Å². The molecule has 0 heterocycles. The second-order valence-electron chi connectivity index (χ2n) is 4.79. The summed E-state index contributed by atoms with van der Waals surface area (Å²) >= 11 is 0. The summed E-state index contributed by atoms with van der Waals surface area (Å²) in [6, 6.07) is -0.376. The van der Waals surface area contributed by atoms with E-state index in [0.29, 0.717) is 32.3 Å². The van der Waals surface area contributed by atoms with E-state index in [-0.39, 0.29) is 19.4 Å². The number of carboxylic acid groups (broad SMARTS) is 1. The molecule has 0 aromatic heterocycles. The van der Waals surface area contributed by atoms with E-state index in [1.807, 2.05) is 20.8 Å². The van der Waals surface area contributed by atoms with Crippen molar-refractivity contribution in [1.82, 2.24) is 0 Å². The van der Waals surface area contributed by atoms with Crippen LogP contribution in [0, 0.1) is 0 Å². The van der Waals surface area contributed by atoms with Gasteiger partial charge in [-0.2, -0.15) is 0 Å². The average Bonchev–Trinajstić information content (AvgIpc) is 2.49. The fourth-order valence-electron chi connectivity index (χ4n) is 1.97. The molecule has 0 spiro atoms. The van der Waals surface area contributed by atoms with Gasteiger partial charge in [-0.25, -0.2) is 0 Å². The first-order chi connectivity index (χ1) is 10.9. The summed E-state index contributed by atoms with van der Waals surface area (Å²) in [5.41, 5.74) is 5.57. The van der Waals surface area contributed by atoms with Crippen LogP contribution in [0.2, 0.25) is 6.04 Å². The van der Waals surface area contributed by atoms with Gasteiger partial charge in [0.15, 0.2) is 0 Å². The maximum Gasteiger partial charge on any atom is 0.501 e. The molecule has 1 atom stereocenters. The Labute approximate surface area is 138 Å². The van der Waals surface area contributed by atoms with Crippen molar-refractivity contribution in [2.24, 2.45) is 5.73 Å². The van der Waals surface area contributed by atoms with Crippen molar-refractivity contribution >= 4 is 20.7 Å². The molecule has 0 radical (unpaired) electrons. The van der Waals surface area contributed by atoms with Gasteiger partial charge in [0.1, 0.15) is 6.04 Å². The molecule has 0 fully saturated rings. The summed E-state index contributed by atoms with van der Waals surface area (Å²) in [6.07, 6.45) is 0.429. The van der Waals surface area contributed by atoms with E-state index >= 15 is 0 Å². The van der Waals surface area contributed by atoms with Gasteiger partial charge in [0.25, 0.3) is 0 Å². The van der Waals surface area contributed by atoms with Crippen molar-refractivity contribution in [1.29, 1.82) is 0 Å². The van der Waals surface area contributed by atoms with E-state index in [4.69, 9.17) is 28.9 Å². The second-order valence-corrected chi connectivity index (χ2v) is 7.52. The lowest BCUT2D eigenvalue weighted by Crippen LogP contribution is -2.46. The van der Waals surface area contributed by atoms with Crippen LogP contribution >= 0.6 is 0 Å². The highest BCUT2D eigenvalue weighted by atomic mass is 28.4. The molecule has 23 heavy (non-hydrogen) atoms. The molecule has 0 aromatic carbocycles. The fraction of sp³-hybridized carbons (Fsp3) is 0.857. The number of hydrogen-bond acceptors (Lipinski definition) is 7. The lowest BCUT2D eigenvalue weighted by molar-refractivity contribution is -0.145. The van der Waals surface area contributed by atoms with E-state index in [2.05, 4.69) is 0 Å². The molecule has 1 unspecified atom stereocenters. The van der Waals surface area contributed by atoms with Gasteiger partial charge in [0.05, 0.1) is 6.61 Å². The van der Waals surface area contributed by atoms with Gasteiger partial charge in [0, 0.05) is 32.3 Å². The lowest BCUT2D eigenvalue weighted by atomic mass is 10.2. The van der Waals surface area contributed by atoms with Crippen LogP contribution in [0.25, 0.3) is 0 Å². The third kappa shape index (κ3) is 9.67. The SMILES string of the molecule is CCO[Si](CCCOC(=O)C(N)CCC(=O)O)(OCC)OCC. The largest absolute Gasteiger partial charge is 0.501 e. The van der Waals surface area contributed by atoms with Crippen molar-refractivity contribution in [2.45, 2.75) is 52.1 Å². The topological polar surface area (TPSA) is 117 Å². The van der Waals surface area contributed by atoms with Gasteiger partial charge in [-0.1, -0.05) is 0 Å². The summed E-state index contributed by atoms with van der Waals surface area (Å²) in [7, 11) is -2.73. The maximum atomic E-state index is 11.6. The van der Waals surface area contributed by atoms with E-state index in [1.165, 1.54) is 0 Å². The number of hydrogen-bond donors (Lipinski definition) is 2. The Kier molecular flexibility index (Phi) is 11.9. The number of rotatable bonds is 14. The highest BCUT2D eigenvalue weighted by Gasteiger charge is 2.39. The molecule has 0 aliphatic carbocycles. The summed E-state index contributed by atoms with van der Waals surface area (Å²) < 4.78 is 22.1. The van der Waals surface area contributed by atoms with E-state index in [0.717, 1.165) is 0 Å². The standard InChI is InChI=1S/C14H29NO7Si/c1-4-20-23(21-5-2,22-6-3)11-7-10-19-14(18)12(15)8-9-13(16)17/h12H,4-11,15H2,1-3H3,(H,16,17). The molecule has 0 bridgehead atoms. The number of nitrogens with two attached hydrogens (primary N) is 1. The monoisotopic (exact) mass is 351 g/mol. The first kappa shape index (κ1) is 22.0. The van der Waals surface area contributed by atoms with Crippen molar-refractivity contribution in [3.8, 4) is 0 Å². The molecule has 8 nitrogen and oxygen atoms in total. The van der Waals surface area contributed by atoms with Crippen molar-refractivity contribution in [3.63, 3.8) is 0 Å². The van der Waals surface area contributed by atoms with Crippen LogP contribution in [0.15, 0.2) is 0 Å². The molecule has 136 valence electrons. The smallest absolute Gasteiger partial charge is 0.481 e. The minimum absolute atomic E-state index is 0.0592. The van der Waals surface area contributed by atoms with Gasteiger partial charge in [-0.3, -0.25) is 9.59 Å². The van der Waals surface area contributed by atoms with Gasteiger partial charge >= 0.3 is 20.7 Å². The summed E-state index contributed by atoms with van der Waals surface area (Å²) in [6.45, 7) is 7.27. The Morgan fingerprint density at radius 2 is 1.61 bits per heavy atom. The fourth-order valence-corrected chi connectivity index (χ4v) is 4.55. The number of aliphatic carboxylic acids is 1. The molecule has 0 saturated heterocycles. The summed E-state index contributed by atoms with van der Waals surface area (Å²) in [5, 5.41) is 8.55. The molecule has 0 rings (SSSR count). The first-order valence-corrected chi connectivity index (χ1v) is 9.89. The zero-order chi connectivity index (χ0) is 17.7. The predicted molar refractivity (Wildman–Crippen MR) is 85.9 cm³/mol. The molecule has 0 aliphatic rings. The van der Waals surface area contributed by atoms with Crippen LogP contribution in [-0.2, 0) is 27.6 Å². The van der Waals surface area contributed by atoms with Crippen LogP contribution in [0.1, 0.15) is 40.0 Å². The Balaban J connectivity index is 4.22. The molecule has 0 aliphatic heterocycles. The number of esters is 1. The number of carbonyl (C=O) groups is 2. The highest BCUT2D eigenvalue weighted by molar-refractivity contribution is 6.60. The second kappa shape index (κ2) is 12.4. The quantitative estimate of drug-likeness (QED) is 0.272. The molecule has 9 heteroatoms. The van der Waals surface area contributed by atoms with Crippen LogP contribution in [-0.4, -0.2) is 58.3 Å². The Morgan fingerprint density at radius 1 is 1.09 bits per heavy atom. The Bertz CT molecular complexity index is 337. The first-order valence-electron chi connectivity index (χ1n) is 7.96. The van der Waals surface area contributed by atoms with Crippen molar-refractivity contribution in [3.05, 3.63) is 0 Å². The molecule has 0 amide bonds. The Hall–Kier alpha value is -1.00. The third-order valence-electron chi connectivity index (χ3n) is 2.94. The van der Waals surface area contributed by atoms with Gasteiger partial charge in [-0.05, 0) is 33.6 Å². The molecular formula is C14H29NO7Si. The van der Waals surface area contributed by atoms with E-state index in [9.17, 15) is 9.59 Å². The molecule has 0 saturated carbocycles. The van der Waals surface area contributed by atoms with Crippen LogP contribution in [0.5, 0.6) is 0 Å². The molecule has 0 aromatic rings. The lowest BCUT2D eigenvalue weighted by Gasteiger charge is -2.28. The van der Waals surface area contributed by atoms with Gasteiger partial charge in [0.2, 0.25) is 0 Å². The highest BCUT2D eigenvalue weighted by Crippen LogP contribution is 2.18. The normalized spacial score (nSPS) is 12.9. The average molecular weight is 351 g/mol. The van der Waals surface area contributed by atoms with Crippen molar-refractivity contribution < 1.29 is 32.7 Å². The zero-order valence-electron chi connectivity index (χ0n) is 14.2. The number of ether oxygens (including phenoxy) is 1. The Morgan fingerprint density at radius 3 is 2.04 bits per heavy atom. The maximum absolute atomic E-state index is 11.6. The minimum Gasteiger partial charge on any atom is -0.481 e.